The van der Waals surface area contributed by atoms with Gasteiger partial charge in [-0.05, 0) is 38.0 Å². The van der Waals surface area contributed by atoms with Gasteiger partial charge >= 0.3 is 5.97 Å². The molecule has 0 saturated carbocycles. The number of hydrogen-bond donors (Lipinski definition) is 2. The highest BCUT2D eigenvalue weighted by Gasteiger charge is 2.19. The van der Waals surface area contributed by atoms with Crippen molar-refractivity contribution in [2.75, 3.05) is 5.32 Å². The summed E-state index contributed by atoms with van der Waals surface area (Å²) < 4.78 is 0. The normalized spacial score (nSPS) is 11.9. The van der Waals surface area contributed by atoms with Crippen LogP contribution in [-0.2, 0) is 0 Å². The van der Waals surface area contributed by atoms with Gasteiger partial charge in [0.25, 0.3) is 0 Å². The molecule has 0 amide bonds. The molecule has 104 valence electrons. The maximum Gasteiger partial charge on any atom is 0.339 e. The Labute approximate surface area is 116 Å². The second-order valence-electron chi connectivity index (χ2n) is 4.59. The molecule has 2 aromatic heterocycles. The molecule has 0 spiro atoms. The van der Waals surface area contributed by atoms with E-state index in [0.29, 0.717) is 11.3 Å². The molecular formula is C14H16N4O2. The predicted octanol–water partition coefficient (Wildman–Crippen LogP) is 2.36. The van der Waals surface area contributed by atoms with Crippen LogP contribution in [0.1, 0.15) is 40.1 Å². The number of hydrogen-bond acceptors (Lipinski definition) is 5. The Morgan fingerprint density at radius 2 is 2.10 bits per heavy atom. The number of carboxylic acids is 1. The summed E-state index contributed by atoms with van der Waals surface area (Å²) in [6.45, 7) is 5.38. The summed E-state index contributed by atoms with van der Waals surface area (Å²) in [6.07, 6.45) is 3.42. The van der Waals surface area contributed by atoms with Gasteiger partial charge in [0.05, 0.1) is 11.7 Å². The summed E-state index contributed by atoms with van der Waals surface area (Å²) in [5.74, 6) is -0.738. The first kappa shape index (κ1) is 13.9. The second kappa shape index (κ2) is 5.64. The topological polar surface area (TPSA) is 88.0 Å². The van der Waals surface area contributed by atoms with E-state index in [4.69, 9.17) is 0 Å². The molecule has 2 N–H and O–H groups in total. The number of rotatable bonds is 4. The van der Waals surface area contributed by atoms with Crippen molar-refractivity contribution in [1.82, 2.24) is 15.2 Å². The standard InChI is InChI=1S/C14H16N4O2/c1-8-9(2)17-18-13(12(8)14(19)20)16-10(3)11-5-4-6-15-7-11/h4-7,10H,1-3H3,(H,16,18)(H,19,20). The fourth-order valence-electron chi connectivity index (χ4n) is 1.89. The molecule has 6 heteroatoms. The van der Waals surface area contributed by atoms with E-state index in [9.17, 15) is 9.90 Å². The van der Waals surface area contributed by atoms with Gasteiger partial charge in [0.15, 0.2) is 5.82 Å². The number of pyridine rings is 1. The van der Waals surface area contributed by atoms with Crippen molar-refractivity contribution in [2.45, 2.75) is 26.8 Å². The van der Waals surface area contributed by atoms with Crippen molar-refractivity contribution < 1.29 is 9.90 Å². The third-order valence-electron chi connectivity index (χ3n) is 3.21. The molecule has 0 aliphatic carbocycles. The fourth-order valence-corrected chi connectivity index (χ4v) is 1.89. The predicted molar refractivity (Wildman–Crippen MR) is 74.7 cm³/mol. The molecule has 2 heterocycles. The molecule has 6 nitrogen and oxygen atoms in total. The lowest BCUT2D eigenvalue weighted by atomic mass is 10.1. The van der Waals surface area contributed by atoms with E-state index in [1.807, 2.05) is 19.1 Å². The highest BCUT2D eigenvalue weighted by molar-refractivity contribution is 5.94. The van der Waals surface area contributed by atoms with Crippen LogP contribution >= 0.6 is 0 Å². The number of aromatic carboxylic acids is 1. The molecule has 20 heavy (non-hydrogen) atoms. The quantitative estimate of drug-likeness (QED) is 0.888. The van der Waals surface area contributed by atoms with Crippen LogP contribution < -0.4 is 5.32 Å². The van der Waals surface area contributed by atoms with Gasteiger partial charge in [-0.25, -0.2) is 4.79 Å². The van der Waals surface area contributed by atoms with Crippen molar-refractivity contribution in [3.05, 3.63) is 46.9 Å². The van der Waals surface area contributed by atoms with E-state index < -0.39 is 5.97 Å². The maximum absolute atomic E-state index is 11.4. The first-order valence-corrected chi connectivity index (χ1v) is 6.24. The van der Waals surface area contributed by atoms with Gasteiger partial charge in [0.2, 0.25) is 0 Å². The number of nitrogens with one attached hydrogen (secondary N) is 1. The Hall–Kier alpha value is -2.50. The minimum absolute atomic E-state index is 0.113. The van der Waals surface area contributed by atoms with Gasteiger partial charge in [-0.1, -0.05) is 6.07 Å². The SMILES string of the molecule is Cc1nnc(NC(C)c2cccnc2)c(C(=O)O)c1C. The van der Waals surface area contributed by atoms with Crippen molar-refractivity contribution in [3.8, 4) is 0 Å². The van der Waals surface area contributed by atoms with Crippen LogP contribution in [0, 0.1) is 13.8 Å². The largest absolute Gasteiger partial charge is 0.478 e. The van der Waals surface area contributed by atoms with Gasteiger partial charge in [0.1, 0.15) is 5.56 Å². The summed E-state index contributed by atoms with van der Waals surface area (Å²) in [4.78, 5) is 15.4. The number of carboxylic acid groups (broad SMARTS) is 1. The molecule has 0 radical (unpaired) electrons. The maximum atomic E-state index is 11.4. The molecule has 1 unspecified atom stereocenters. The van der Waals surface area contributed by atoms with Gasteiger partial charge in [-0.3, -0.25) is 4.98 Å². The zero-order valence-corrected chi connectivity index (χ0v) is 11.6. The summed E-state index contributed by atoms with van der Waals surface area (Å²) in [5.41, 5.74) is 2.34. The van der Waals surface area contributed by atoms with Crippen LogP contribution in [0.2, 0.25) is 0 Å². The third kappa shape index (κ3) is 2.74. The minimum Gasteiger partial charge on any atom is -0.478 e. The molecule has 1 atom stereocenters. The van der Waals surface area contributed by atoms with E-state index in [-0.39, 0.29) is 17.4 Å². The minimum atomic E-state index is -1.01. The van der Waals surface area contributed by atoms with Gasteiger partial charge < -0.3 is 10.4 Å². The summed E-state index contributed by atoms with van der Waals surface area (Å²) in [5, 5.41) is 20.4. The molecule has 2 aromatic rings. The Balaban J connectivity index is 2.35. The summed E-state index contributed by atoms with van der Waals surface area (Å²) in [6, 6.07) is 3.63. The monoisotopic (exact) mass is 272 g/mol. The van der Waals surface area contributed by atoms with E-state index in [1.54, 1.807) is 26.2 Å². The van der Waals surface area contributed by atoms with Crippen LogP contribution in [0.4, 0.5) is 5.82 Å². The zero-order chi connectivity index (χ0) is 14.7. The molecule has 0 aliphatic heterocycles. The highest BCUT2D eigenvalue weighted by Crippen LogP contribution is 2.23. The van der Waals surface area contributed by atoms with Crippen molar-refractivity contribution in [1.29, 1.82) is 0 Å². The second-order valence-corrected chi connectivity index (χ2v) is 4.59. The lowest BCUT2D eigenvalue weighted by molar-refractivity contribution is 0.0696. The Bertz CT molecular complexity index is 629. The molecule has 0 fully saturated rings. The number of aromatic nitrogens is 3. The van der Waals surface area contributed by atoms with Crippen molar-refractivity contribution >= 4 is 11.8 Å². The van der Waals surface area contributed by atoms with Gasteiger partial charge in [-0.2, -0.15) is 5.10 Å². The fraction of sp³-hybridized carbons (Fsp3) is 0.286. The van der Waals surface area contributed by atoms with E-state index >= 15 is 0 Å². The van der Waals surface area contributed by atoms with E-state index in [2.05, 4.69) is 20.5 Å². The number of anilines is 1. The Kier molecular flexibility index (Phi) is 3.93. The molecule has 0 aliphatic rings. The van der Waals surface area contributed by atoms with Gasteiger partial charge in [0, 0.05) is 12.4 Å². The molecule has 0 aromatic carbocycles. The smallest absolute Gasteiger partial charge is 0.339 e. The average molecular weight is 272 g/mol. The van der Waals surface area contributed by atoms with Crippen LogP contribution in [-0.4, -0.2) is 26.3 Å². The van der Waals surface area contributed by atoms with E-state index in [1.165, 1.54) is 0 Å². The number of nitrogens with zero attached hydrogens (tertiary/aromatic N) is 3. The van der Waals surface area contributed by atoms with Crippen molar-refractivity contribution in [3.63, 3.8) is 0 Å². The molecular weight excluding hydrogens is 256 g/mol. The molecule has 0 bridgehead atoms. The lowest BCUT2D eigenvalue weighted by Crippen LogP contribution is -2.15. The van der Waals surface area contributed by atoms with Crippen LogP contribution in [0.15, 0.2) is 24.5 Å². The zero-order valence-electron chi connectivity index (χ0n) is 11.6. The Morgan fingerprint density at radius 3 is 2.70 bits per heavy atom. The number of aryl methyl sites for hydroxylation is 1. The van der Waals surface area contributed by atoms with Crippen LogP contribution in [0.5, 0.6) is 0 Å². The first-order chi connectivity index (χ1) is 9.50. The molecule has 2 rings (SSSR count). The average Bonchev–Trinajstić information content (AvgIpc) is 2.43. The Morgan fingerprint density at radius 1 is 1.35 bits per heavy atom. The van der Waals surface area contributed by atoms with Crippen LogP contribution in [0.3, 0.4) is 0 Å². The third-order valence-corrected chi connectivity index (χ3v) is 3.21. The lowest BCUT2D eigenvalue weighted by Gasteiger charge is -2.17. The number of carbonyl (C=O) groups is 1. The van der Waals surface area contributed by atoms with Crippen molar-refractivity contribution in [2.24, 2.45) is 0 Å². The molecule has 0 saturated heterocycles. The van der Waals surface area contributed by atoms with Crippen LogP contribution in [0.25, 0.3) is 0 Å². The summed E-state index contributed by atoms with van der Waals surface area (Å²) in [7, 11) is 0. The summed E-state index contributed by atoms with van der Waals surface area (Å²) >= 11 is 0. The van der Waals surface area contributed by atoms with E-state index in [0.717, 1.165) is 5.56 Å². The highest BCUT2D eigenvalue weighted by atomic mass is 16.4. The first-order valence-electron chi connectivity index (χ1n) is 6.24. The van der Waals surface area contributed by atoms with Gasteiger partial charge in [-0.15, -0.1) is 5.10 Å².